The molecule has 150 valence electrons. The lowest BCUT2D eigenvalue weighted by molar-refractivity contribution is -0.384. The molecule has 11 heteroatoms. The summed E-state index contributed by atoms with van der Waals surface area (Å²) < 4.78 is 5.86. The number of carboxylic acid groups (broad SMARTS) is 1. The third kappa shape index (κ3) is 4.19. The molecule has 0 saturated carbocycles. The lowest BCUT2D eigenvalue weighted by Gasteiger charge is -2.21. The number of nitro groups is 1. The van der Waals surface area contributed by atoms with Crippen LogP contribution >= 0.6 is 35.6 Å². The molecule has 0 radical (unpaired) electrons. The van der Waals surface area contributed by atoms with Gasteiger partial charge in [-0.25, -0.2) is 4.79 Å². The SMILES string of the molecule is CCC(C(=O)O)N1C(=O)/C(=C\c2ccc(-c3ccc([N+](=O)[O-])cc3Cl)o2)SC1=S. The molecule has 1 aliphatic heterocycles. The van der Waals surface area contributed by atoms with Crippen molar-refractivity contribution in [1.82, 2.24) is 4.90 Å². The minimum Gasteiger partial charge on any atom is -0.480 e. The molecule has 1 fully saturated rings. The topological polar surface area (TPSA) is 114 Å². The van der Waals surface area contributed by atoms with Crippen molar-refractivity contribution in [1.29, 1.82) is 0 Å². The molecule has 2 heterocycles. The van der Waals surface area contributed by atoms with E-state index in [2.05, 4.69) is 0 Å². The van der Waals surface area contributed by atoms with Gasteiger partial charge in [0.15, 0.2) is 0 Å². The third-order valence-corrected chi connectivity index (χ3v) is 5.78. The van der Waals surface area contributed by atoms with E-state index in [4.69, 9.17) is 28.2 Å². The zero-order valence-corrected chi connectivity index (χ0v) is 17.2. The van der Waals surface area contributed by atoms with Gasteiger partial charge in [-0.15, -0.1) is 0 Å². The van der Waals surface area contributed by atoms with Crippen LogP contribution in [0.2, 0.25) is 5.02 Å². The Kier molecular flexibility index (Phi) is 6.06. The Labute approximate surface area is 179 Å². The van der Waals surface area contributed by atoms with Crippen molar-refractivity contribution in [3.8, 4) is 11.3 Å². The second-order valence-electron chi connectivity index (χ2n) is 5.94. The molecule has 1 unspecified atom stereocenters. The molecule has 1 aliphatic rings. The van der Waals surface area contributed by atoms with Crippen LogP contribution in [0.25, 0.3) is 17.4 Å². The fourth-order valence-corrected chi connectivity index (χ4v) is 4.34. The minimum atomic E-state index is -1.13. The highest BCUT2D eigenvalue weighted by Gasteiger charge is 2.39. The second-order valence-corrected chi connectivity index (χ2v) is 8.02. The molecular formula is C18H13ClN2O6S2. The van der Waals surface area contributed by atoms with E-state index >= 15 is 0 Å². The molecule has 29 heavy (non-hydrogen) atoms. The van der Waals surface area contributed by atoms with Crippen molar-refractivity contribution >= 4 is 63.5 Å². The molecule has 1 atom stereocenters. The molecule has 2 aromatic rings. The average Bonchev–Trinajstić information content (AvgIpc) is 3.22. The summed E-state index contributed by atoms with van der Waals surface area (Å²) in [4.78, 5) is 35.6. The highest BCUT2D eigenvalue weighted by molar-refractivity contribution is 8.26. The molecule has 0 aliphatic carbocycles. The number of carboxylic acids is 1. The zero-order valence-electron chi connectivity index (χ0n) is 14.8. The first-order valence-electron chi connectivity index (χ1n) is 8.27. The number of aliphatic carboxylic acids is 1. The number of hydrogen-bond donors (Lipinski definition) is 1. The predicted molar refractivity (Wildman–Crippen MR) is 113 cm³/mol. The van der Waals surface area contributed by atoms with Gasteiger partial charge in [0.05, 0.1) is 14.9 Å². The number of furan rings is 1. The Morgan fingerprint density at radius 3 is 2.76 bits per heavy atom. The van der Waals surface area contributed by atoms with E-state index in [1.54, 1.807) is 19.1 Å². The van der Waals surface area contributed by atoms with Crippen molar-refractivity contribution in [3.05, 3.63) is 56.1 Å². The molecular weight excluding hydrogens is 440 g/mol. The summed E-state index contributed by atoms with van der Waals surface area (Å²) in [5, 5.41) is 20.3. The lowest BCUT2D eigenvalue weighted by atomic mass is 10.1. The zero-order chi connectivity index (χ0) is 21.3. The van der Waals surface area contributed by atoms with E-state index in [0.717, 1.165) is 16.7 Å². The van der Waals surface area contributed by atoms with Gasteiger partial charge in [-0.2, -0.15) is 0 Å². The lowest BCUT2D eigenvalue weighted by Crippen LogP contribution is -2.43. The second kappa shape index (κ2) is 8.36. The Morgan fingerprint density at radius 2 is 2.17 bits per heavy atom. The molecule has 1 aromatic heterocycles. The number of hydrogen-bond acceptors (Lipinski definition) is 7. The van der Waals surface area contributed by atoms with Crippen LogP contribution in [0.3, 0.4) is 0 Å². The number of thiocarbonyl (C=S) groups is 1. The quantitative estimate of drug-likeness (QED) is 0.293. The summed E-state index contributed by atoms with van der Waals surface area (Å²) in [6.07, 6.45) is 1.69. The molecule has 1 saturated heterocycles. The average molecular weight is 453 g/mol. The largest absolute Gasteiger partial charge is 0.480 e. The standard InChI is InChI=1S/C18H13ClN2O6S2/c1-2-13(17(23)24)20-16(22)15(29-18(20)28)8-10-4-6-14(27-10)11-5-3-9(21(25)26)7-12(11)19/h3-8,13H,2H2,1H3,(H,23,24)/b15-8+. The van der Waals surface area contributed by atoms with Crippen LogP contribution in [0.1, 0.15) is 19.1 Å². The number of rotatable bonds is 6. The van der Waals surface area contributed by atoms with Gasteiger partial charge in [-0.1, -0.05) is 42.5 Å². The van der Waals surface area contributed by atoms with Crippen molar-refractivity contribution in [3.63, 3.8) is 0 Å². The van der Waals surface area contributed by atoms with Crippen LogP contribution in [0.5, 0.6) is 0 Å². The number of non-ortho nitro benzene ring substituents is 1. The van der Waals surface area contributed by atoms with E-state index in [-0.39, 0.29) is 26.4 Å². The monoisotopic (exact) mass is 452 g/mol. The third-order valence-electron chi connectivity index (χ3n) is 4.14. The van der Waals surface area contributed by atoms with Gasteiger partial charge in [0, 0.05) is 23.8 Å². The molecule has 1 amide bonds. The maximum atomic E-state index is 12.6. The minimum absolute atomic E-state index is 0.141. The number of halogens is 1. The number of amides is 1. The van der Waals surface area contributed by atoms with Gasteiger partial charge < -0.3 is 9.52 Å². The van der Waals surface area contributed by atoms with Crippen LogP contribution in [0, 0.1) is 10.1 Å². The number of thioether (sulfide) groups is 1. The normalized spacial score (nSPS) is 16.5. The Morgan fingerprint density at radius 1 is 1.45 bits per heavy atom. The van der Waals surface area contributed by atoms with Crippen molar-refractivity contribution < 1.29 is 24.0 Å². The molecule has 8 nitrogen and oxygen atoms in total. The molecule has 3 rings (SSSR count). The van der Waals surface area contributed by atoms with E-state index in [1.165, 1.54) is 24.3 Å². The number of benzene rings is 1. The number of nitro benzene ring substituents is 1. The fourth-order valence-electron chi connectivity index (χ4n) is 2.74. The highest BCUT2D eigenvalue weighted by Crippen LogP contribution is 2.36. The summed E-state index contributed by atoms with van der Waals surface area (Å²) in [6.45, 7) is 1.66. The first-order valence-corrected chi connectivity index (χ1v) is 9.87. The summed E-state index contributed by atoms with van der Waals surface area (Å²) in [5.41, 5.74) is 0.319. The molecule has 0 spiro atoms. The van der Waals surface area contributed by atoms with Crippen LogP contribution in [0.4, 0.5) is 5.69 Å². The van der Waals surface area contributed by atoms with Crippen LogP contribution in [0.15, 0.2) is 39.7 Å². The van der Waals surface area contributed by atoms with Crippen LogP contribution in [-0.2, 0) is 9.59 Å². The van der Waals surface area contributed by atoms with Gasteiger partial charge in [-0.3, -0.25) is 19.8 Å². The highest BCUT2D eigenvalue weighted by atomic mass is 35.5. The Hall–Kier alpha value is -2.69. The molecule has 1 aromatic carbocycles. The molecule has 1 N–H and O–H groups in total. The molecule has 0 bridgehead atoms. The smallest absolute Gasteiger partial charge is 0.326 e. The maximum absolute atomic E-state index is 12.6. The number of carbonyl (C=O) groups is 2. The Bertz CT molecular complexity index is 1060. The number of nitrogens with zero attached hydrogens (tertiary/aromatic N) is 2. The van der Waals surface area contributed by atoms with E-state index in [1.807, 2.05) is 0 Å². The Balaban J connectivity index is 1.87. The summed E-state index contributed by atoms with van der Waals surface area (Å²) in [7, 11) is 0. The van der Waals surface area contributed by atoms with Crippen molar-refractivity contribution in [2.45, 2.75) is 19.4 Å². The van der Waals surface area contributed by atoms with Crippen molar-refractivity contribution in [2.75, 3.05) is 0 Å². The predicted octanol–water partition coefficient (Wildman–Crippen LogP) is 4.57. The summed E-state index contributed by atoms with van der Waals surface area (Å²) in [6, 6.07) is 6.20. The van der Waals surface area contributed by atoms with E-state index in [9.17, 15) is 24.8 Å². The van der Waals surface area contributed by atoms with E-state index in [0.29, 0.717) is 17.1 Å². The van der Waals surface area contributed by atoms with Gasteiger partial charge in [0.2, 0.25) is 0 Å². The van der Waals surface area contributed by atoms with Crippen LogP contribution < -0.4 is 0 Å². The first kappa shape index (κ1) is 21.0. The van der Waals surface area contributed by atoms with Gasteiger partial charge >= 0.3 is 5.97 Å². The van der Waals surface area contributed by atoms with Gasteiger partial charge in [0.1, 0.15) is 21.9 Å². The summed E-state index contributed by atoms with van der Waals surface area (Å²) in [5.74, 6) is -0.930. The van der Waals surface area contributed by atoms with E-state index < -0.39 is 22.8 Å². The fraction of sp³-hybridized carbons (Fsp3) is 0.167. The first-order chi connectivity index (χ1) is 13.7. The maximum Gasteiger partial charge on any atom is 0.326 e. The summed E-state index contributed by atoms with van der Waals surface area (Å²) >= 11 is 12.3. The number of carbonyl (C=O) groups excluding carboxylic acids is 1. The van der Waals surface area contributed by atoms with Gasteiger partial charge in [0.25, 0.3) is 11.6 Å². The van der Waals surface area contributed by atoms with Crippen LogP contribution in [-0.4, -0.2) is 37.2 Å². The van der Waals surface area contributed by atoms with Crippen molar-refractivity contribution in [2.24, 2.45) is 0 Å². The van der Waals surface area contributed by atoms with Gasteiger partial charge in [-0.05, 0) is 24.6 Å².